The molecule has 2 heterocycles. The highest BCUT2D eigenvalue weighted by molar-refractivity contribution is 8.00. The largest absolute Gasteiger partial charge is 0.497 e. The highest BCUT2D eigenvalue weighted by atomic mass is 32.2. The second-order valence-corrected chi connectivity index (χ2v) is 12.0. The van der Waals surface area contributed by atoms with E-state index in [1.165, 1.54) is 28.8 Å². The van der Waals surface area contributed by atoms with Gasteiger partial charge in [-0.1, -0.05) is 60.2 Å². The Labute approximate surface area is 271 Å². The Morgan fingerprint density at radius 1 is 0.978 bits per heavy atom. The lowest BCUT2D eigenvalue weighted by Gasteiger charge is -2.24. The number of aryl methyl sites for hydroxylation is 1. The number of thioether (sulfide) groups is 1. The van der Waals surface area contributed by atoms with Crippen LogP contribution in [0.15, 0.2) is 97.1 Å². The van der Waals surface area contributed by atoms with Gasteiger partial charge in [0.05, 0.1) is 36.6 Å². The summed E-state index contributed by atoms with van der Waals surface area (Å²) in [7, 11) is 3.22. The zero-order valence-electron chi connectivity index (χ0n) is 25.7. The molecule has 1 aliphatic heterocycles. The zero-order valence-corrected chi connectivity index (χ0v) is 26.5. The fourth-order valence-corrected chi connectivity index (χ4v) is 6.70. The summed E-state index contributed by atoms with van der Waals surface area (Å²) < 4.78 is 26.6. The number of fused-ring (bicyclic) bond motifs is 1. The quantitative estimate of drug-likeness (QED) is 0.199. The fourth-order valence-electron chi connectivity index (χ4n) is 5.49. The minimum atomic E-state index is -0.398. The molecule has 1 N–H and O–H groups in total. The first-order valence-electron chi connectivity index (χ1n) is 14.8. The van der Waals surface area contributed by atoms with Crippen molar-refractivity contribution in [1.82, 2.24) is 15.1 Å². The minimum absolute atomic E-state index is 0.104. The van der Waals surface area contributed by atoms with Crippen LogP contribution in [0, 0.1) is 12.7 Å². The van der Waals surface area contributed by atoms with Crippen LogP contribution in [0.25, 0.3) is 16.9 Å². The van der Waals surface area contributed by atoms with Crippen LogP contribution in [-0.2, 0) is 16.1 Å². The maximum Gasteiger partial charge on any atom is 0.240 e. The lowest BCUT2D eigenvalue weighted by atomic mass is 9.98. The van der Waals surface area contributed by atoms with Gasteiger partial charge in [-0.15, -0.1) is 11.8 Å². The zero-order chi connectivity index (χ0) is 32.2. The van der Waals surface area contributed by atoms with Crippen LogP contribution in [-0.4, -0.2) is 48.1 Å². The number of carbonyl (C=O) groups excluding carboxylic acids is 2. The van der Waals surface area contributed by atoms with Crippen molar-refractivity contribution in [1.29, 1.82) is 0 Å². The molecule has 234 valence electrons. The van der Waals surface area contributed by atoms with E-state index in [1.54, 1.807) is 31.0 Å². The number of methoxy groups -OCH3 is 2. The van der Waals surface area contributed by atoms with Crippen LogP contribution in [0.4, 0.5) is 10.2 Å². The number of rotatable bonds is 9. The molecule has 0 radical (unpaired) electrons. The number of ether oxygens (including phenoxy) is 2. The lowest BCUT2D eigenvalue weighted by Crippen LogP contribution is -2.42. The van der Waals surface area contributed by atoms with Gasteiger partial charge in [-0.2, -0.15) is 5.10 Å². The van der Waals surface area contributed by atoms with Gasteiger partial charge in [-0.05, 0) is 55.0 Å². The number of halogens is 1. The Hall–Kier alpha value is -5.09. The smallest absolute Gasteiger partial charge is 0.240 e. The molecule has 10 heteroatoms. The molecule has 0 aliphatic carbocycles. The molecule has 0 unspecified atom stereocenters. The van der Waals surface area contributed by atoms with E-state index < -0.39 is 5.25 Å². The molecular formula is C36H33FN4O4S. The first-order chi connectivity index (χ1) is 22.4. The SMILES string of the molecule is COc1ccc(OC)c([C@@H]2SCC(=O)N(CC(=O)NCc3ccc(F)cc3)c3c2c(-c2ccccc2)nn3-c2ccc(C)cc2)c1. The third kappa shape index (κ3) is 6.34. The minimum Gasteiger partial charge on any atom is -0.497 e. The molecule has 0 bridgehead atoms. The van der Waals surface area contributed by atoms with Crippen LogP contribution in [0.3, 0.4) is 0 Å². The van der Waals surface area contributed by atoms with E-state index in [0.29, 0.717) is 23.0 Å². The van der Waals surface area contributed by atoms with Crippen molar-refractivity contribution in [3.05, 3.63) is 125 Å². The standard InChI is InChI=1S/C36H33FN4O4S/c1-23-9-15-27(16-10-23)41-36-33(34(39-41)25-7-5-4-6-8-25)35(29-19-28(44-2)17-18-30(29)45-3)46-22-32(43)40(36)21-31(42)38-20-24-11-13-26(37)14-12-24/h4-19,35H,20-22H2,1-3H3,(H,38,42)/t35-/m0/s1. The molecule has 1 aliphatic rings. The molecule has 5 aromatic rings. The summed E-state index contributed by atoms with van der Waals surface area (Å²) in [5.74, 6) is 0.958. The number of anilines is 1. The summed E-state index contributed by atoms with van der Waals surface area (Å²) in [6, 6.07) is 29.2. The van der Waals surface area contributed by atoms with Gasteiger partial charge in [0.2, 0.25) is 11.8 Å². The van der Waals surface area contributed by atoms with Gasteiger partial charge in [-0.25, -0.2) is 9.07 Å². The number of nitrogens with one attached hydrogen (secondary N) is 1. The second kappa shape index (κ2) is 13.5. The molecule has 0 saturated carbocycles. The van der Waals surface area contributed by atoms with Gasteiger partial charge < -0.3 is 14.8 Å². The number of hydrogen-bond donors (Lipinski definition) is 1. The predicted molar refractivity (Wildman–Crippen MR) is 178 cm³/mol. The summed E-state index contributed by atoms with van der Waals surface area (Å²) in [4.78, 5) is 29.0. The van der Waals surface area contributed by atoms with E-state index >= 15 is 0 Å². The Morgan fingerprint density at radius 3 is 2.41 bits per heavy atom. The van der Waals surface area contributed by atoms with Crippen molar-refractivity contribution in [2.45, 2.75) is 18.7 Å². The number of hydrogen-bond acceptors (Lipinski definition) is 6. The van der Waals surface area contributed by atoms with Crippen LogP contribution in [0.2, 0.25) is 0 Å². The fraction of sp³-hybridized carbons (Fsp3) is 0.194. The molecule has 0 saturated heterocycles. The molecule has 1 atom stereocenters. The van der Waals surface area contributed by atoms with Crippen LogP contribution in [0.1, 0.15) is 27.5 Å². The number of benzene rings is 4. The number of nitrogens with zero attached hydrogens (tertiary/aromatic N) is 3. The summed E-state index contributed by atoms with van der Waals surface area (Å²) in [6.07, 6.45) is 0. The van der Waals surface area contributed by atoms with Crippen molar-refractivity contribution >= 4 is 29.4 Å². The van der Waals surface area contributed by atoms with Crippen molar-refractivity contribution < 1.29 is 23.5 Å². The molecule has 2 amide bonds. The lowest BCUT2D eigenvalue weighted by molar-refractivity contribution is -0.123. The molecule has 0 fully saturated rings. The topological polar surface area (TPSA) is 85.7 Å². The Kier molecular flexibility index (Phi) is 9.07. The average molecular weight is 637 g/mol. The van der Waals surface area contributed by atoms with E-state index in [0.717, 1.165) is 33.5 Å². The second-order valence-electron chi connectivity index (χ2n) is 10.9. The Bertz CT molecular complexity index is 1860. The molecule has 4 aromatic carbocycles. The van der Waals surface area contributed by atoms with E-state index in [1.807, 2.05) is 79.7 Å². The van der Waals surface area contributed by atoms with E-state index in [4.69, 9.17) is 14.6 Å². The van der Waals surface area contributed by atoms with Crippen LogP contribution < -0.4 is 19.7 Å². The summed E-state index contributed by atoms with van der Waals surface area (Å²) >= 11 is 1.45. The number of aromatic nitrogens is 2. The van der Waals surface area contributed by atoms with Crippen molar-refractivity contribution in [3.8, 4) is 28.4 Å². The Balaban J connectivity index is 1.53. The van der Waals surface area contributed by atoms with Crippen LogP contribution >= 0.6 is 11.8 Å². The molecule has 1 aromatic heterocycles. The normalized spacial score (nSPS) is 14.4. The van der Waals surface area contributed by atoms with E-state index in [9.17, 15) is 14.0 Å². The van der Waals surface area contributed by atoms with Crippen molar-refractivity contribution in [2.75, 3.05) is 31.4 Å². The summed E-state index contributed by atoms with van der Waals surface area (Å²) in [5.41, 5.74) is 5.72. The first-order valence-corrected chi connectivity index (χ1v) is 15.8. The third-order valence-electron chi connectivity index (χ3n) is 7.84. The third-order valence-corrected chi connectivity index (χ3v) is 9.08. The van der Waals surface area contributed by atoms with Gasteiger partial charge in [0.1, 0.15) is 29.7 Å². The van der Waals surface area contributed by atoms with Gasteiger partial charge >= 0.3 is 0 Å². The number of amides is 2. The maximum absolute atomic E-state index is 14.0. The van der Waals surface area contributed by atoms with E-state index in [-0.39, 0.29) is 36.5 Å². The molecular weight excluding hydrogens is 603 g/mol. The van der Waals surface area contributed by atoms with Crippen molar-refractivity contribution in [2.24, 2.45) is 0 Å². The number of carbonyl (C=O) groups is 2. The van der Waals surface area contributed by atoms with Gasteiger partial charge in [0, 0.05) is 23.2 Å². The van der Waals surface area contributed by atoms with Crippen LogP contribution in [0.5, 0.6) is 11.5 Å². The average Bonchev–Trinajstić information content (AvgIpc) is 3.41. The highest BCUT2D eigenvalue weighted by Crippen LogP contribution is 2.51. The summed E-state index contributed by atoms with van der Waals surface area (Å²) in [5, 5.41) is 7.63. The summed E-state index contributed by atoms with van der Waals surface area (Å²) in [6.45, 7) is 1.96. The first kappa shape index (κ1) is 30.9. The molecule has 0 spiro atoms. The van der Waals surface area contributed by atoms with Gasteiger partial charge in [0.25, 0.3) is 0 Å². The molecule has 6 rings (SSSR count). The van der Waals surface area contributed by atoms with E-state index in [2.05, 4.69) is 5.32 Å². The maximum atomic E-state index is 14.0. The Morgan fingerprint density at radius 2 is 1.72 bits per heavy atom. The highest BCUT2D eigenvalue weighted by Gasteiger charge is 2.38. The molecule has 46 heavy (non-hydrogen) atoms. The van der Waals surface area contributed by atoms with Crippen molar-refractivity contribution in [3.63, 3.8) is 0 Å². The van der Waals surface area contributed by atoms with Gasteiger partial charge in [-0.3, -0.25) is 14.5 Å². The monoisotopic (exact) mass is 636 g/mol. The van der Waals surface area contributed by atoms with Gasteiger partial charge in [0.15, 0.2) is 0 Å². The predicted octanol–water partition coefficient (Wildman–Crippen LogP) is 6.49. The molecule has 8 nitrogen and oxygen atoms in total.